The van der Waals surface area contributed by atoms with Crippen LogP contribution in [0.15, 0.2) is 0 Å². The van der Waals surface area contributed by atoms with Crippen LogP contribution in [0.3, 0.4) is 0 Å². The summed E-state index contributed by atoms with van der Waals surface area (Å²) in [5.74, 6) is 1.54. The predicted octanol–water partition coefficient (Wildman–Crippen LogP) is 24.5. The van der Waals surface area contributed by atoms with Crippen LogP contribution in [0.1, 0.15) is 496 Å². The van der Waals surface area contributed by atoms with E-state index in [0.717, 1.165) is 82.0 Å². The number of ether oxygens (including phenoxy) is 5. The monoisotopic (exact) mass is 1590 g/mol. The highest BCUT2D eigenvalue weighted by molar-refractivity contribution is 5.73. The summed E-state index contributed by atoms with van der Waals surface area (Å²) in [5, 5.41) is 84.6. The molecule has 3 fully saturated rings. The van der Waals surface area contributed by atoms with Gasteiger partial charge >= 0.3 is 11.9 Å². The highest BCUT2D eigenvalue weighted by Gasteiger charge is 2.50. The summed E-state index contributed by atoms with van der Waals surface area (Å²) in [5.41, 5.74) is 0. The number of unbranched alkanes of at least 4 members (excludes halogenated alkanes) is 62. The Balaban J connectivity index is 1.11. The van der Waals surface area contributed by atoms with E-state index in [2.05, 4.69) is 27.7 Å². The summed E-state index contributed by atoms with van der Waals surface area (Å²) in [6, 6.07) is 0. The SMILES string of the molecule is CCCCCCCCCCCCCCCCCCCCCC[C@@H](C(=O)OCC1OC(OC2OC(CO)C(O)C(O)C2O)C(O)C(O)C1O)[C@H](O)CCCCCCCCCCCCCCCCCC[C@H]1C[C@@H]1[C@@H](C)CCCCCCCCCCCCCCCCC(=O)O[C@@H](C)CCCCCCCCCCCCCCCCCC. The lowest BCUT2D eigenvalue weighted by Crippen LogP contribution is -2.63. The molecule has 10 unspecified atom stereocenters. The molecular weight excluding hydrogens is 1410 g/mol. The first kappa shape index (κ1) is 105. The second-order valence-electron chi connectivity index (χ2n) is 36.4. The van der Waals surface area contributed by atoms with E-state index in [1.54, 1.807) is 0 Å². The molecule has 16 atom stereocenters. The molecule has 2 heterocycles. The smallest absolute Gasteiger partial charge is 0.311 e. The highest BCUT2D eigenvalue weighted by Crippen LogP contribution is 2.49. The van der Waals surface area contributed by atoms with Gasteiger partial charge in [0.25, 0.3) is 0 Å². The lowest BCUT2D eigenvalue weighted by atomic mass is 9.91. The molecule has 664 valence electrons. The quantitative estimate of drug-likeness (QED) is 0.0209. The summed E-state index contributed by atoms with van der Waals surface area (Å²) in [7, 11) is 0. The molecule has 0 aromatic carbocycles. The summed E-state index contributed by atoms with van der Waals surface area (Å²) in [6.45, 7) is 7.97. The molecule has 0 aromatic rings. The molecular formula is C97H186O15. The zero-order valence-corrected chi connectivity index (χ0v) is 73.7. The first-order valence-corrected chi connectivity index (χ1v) is 49.4. The van der Waals surface area contributed by atoms with Crippen LogP contribution in [0.25, 0.3) is 0 Å². The maximum Gasteiger partial charge on any atom is 0.311 e. The van der Waals surface area contributed by atoms with E-state index in [1.807, 2.05) is 0 Å². The number of carbonyl (C=O) groups excluding carboxylic acids is 2. The molecule has 3 aliphatic rings. The van der Waals surface area contributed by atoms with Crippen molar-refractivity contribution < 1.29 is 74.1 Å². The number of hydrogen-bond acceptors (Lipinski definition) is 15. The van der Waals surface area contributed by atoms with E-state index in [1.165, 1.54) is 385 Å². The number of aliphatic hydroxyl groups is 8. The maximum absolute atomic E-state index is 13.8. The van der Waals surface area contributed by atoms with E-state index < -0.39 is 92.6 Å². The number of rotatable bonds is 83. The van der Waals surface area contributed by atoms with Crippen LogP contribution in [-0.2, 0) is 33.3 Å². The van der Waals surface area contributed by atoms with Crippen molar-refractivity contribution in [2.45, 2.75) is 570 Å². The van der Waals surface area contributed by atoms with Crippen molar-refractivity contribution in [3.05, 3.63) is 0 Å². The van der Waals surface area contributed by atoms with Gasteiger partial charge in [-0.25, -0.2) is 0 Å². The molecule has 0 aromatic heterocycles. The lowest BCUT2D eigenvalue weighted by molar-refractivity contribution is -0.376. The Morgan fingerprint density at radius 1 is 0.348 bits per heavy atom. The van der Waals surface area contributed by atoms with Gasteiger partial charge in [0.05, 0.1) is 24.7 Å². The van der Waals surface area contributed by atoms with Crippen LogP contribution in [0.2, 0.25) is 0 Å². The van der Waals surface area contributed by atoms with Crippen LogP contribution in [-0.4, -0.2) is 140 Å². The largest absolute Gasteiger partial charge is 0.463 e. The van der Waals surface area contributed by atoms with Crippen molar-refractivity contribution in [1.82, 2.24) is 0 Å². The molecule has 15 nitrogen and oxygen atoms in total. The summed E-state index contributed by atoms with van der Waals surface area (Å²) in [6.07, 6.45) is 76.1. The van der Waals surface area contributed by atoms with E-state index >= 15 is 0 Å². The minimum Gasteiger partial charge on any atom is -0.463 e. The van der Waals surface area contributed by atoms with Crippen molar-refractivity contribution in [2.75, 3.05) is 13.2 Å². The van der Waals surface area contributed by atoms with Crippen molar-refractivity contribution in [3.63, 3.8) is 0 Å². The summed E-state index contributed by atoms with van der Waals surface area (Å²) < 4.78 is 28.2. The van der Waals surface area contributed by atoms with Gasteiger partial charge in [-0.2, -0.15) is 0 Å². The van der Waals surface area contributed by atoms with Crippen molar-refractivity contribution >= 4 is 11.9 Å². The second kappa shape index (κ2) is 73.4. The molecule has 8 N–H and O–H groups in total. The van der Waals surface area contributed by atoms with Crippen molar-refractivity contribution in [2.24, 2.45) is 23.7 Å². The third-order valence-corrected chi connectivity index (χ3v) is 25.9. The second-order valence-corrected chi connectivity index (χ2v) is 36.4. The van der Waals surface area contributed by atoms with Crippen molar-refractivity contribution in [3.8, 4) is 0 Å². The highest BCUT2D eigenvalue weighted by atomic mass is 16.8. The molecule has 2 aliphatic heterocycles. The topological polar surface area (TPSA) is 242 Å². The molecule has 0 spiro atoms. The molecule has 3 rings (SSSR count). The van der Waals surface area contributed by atoms with Gasteiger partial charge < -0.3 is 64.5 Å². The fraction of sp³-hybridized carbons (Fsp3) is 0.979. The third-order valence-electron chi connectivity index (χ3n) is 25.9. The molecule has 0 radical (unpaired) electrons. The molecule has 15 heteroatoms. The number of aliphatic hydroxyl groups excluding tert-OH is 8. The first-order valence-electron chi connectivity index (χ1n) is 49.4. The van der Waals surface area contributed by atoms with E-state index in [9.17, 15) is 50.4 Å². The first-order chi connectivity index (χ1) is 54.7. The van der Waals surface area contributed by atoms with Crippen LogP contribution < -0.4 is 0 Å². The van der Waals surface area contributed by atoms with Gasteiger partial charge in [-0.05, 0) is 63.2 Å². The van der Waals surface area contributed by atoms with E-state index in [-0.39, 0.29) is 12.1 Å². The molecule has 0 bridgehead atoms. The molecule has 112 heavy (non-hydrogen) atoms. The Morgan fingerprint density at radius 3 is 1.00 bits per heavy atom. The maximum atomic E-state index is 13.8. The minimum atomic E-state index is -1.83. The standard InChI is InChI=1S/C97H186O15/c1-5-7-9-11-13-15-17-19-21-23-24-25-26-31-38-44-50-56-62-68-74-83(95(107)108-79-87-90(102)92(104)94(106)97(111-87)112-96-93(105)91(103)89(101)86(78-98)110-96)85(99)75-69-63-57-51-45-39-32-28-27-30-37-43-49-55-61-67-73-82-77-84(82)80(3)71-65-59-53-47-41-35-33-34-40-46-52-58-64-70-76-88(100)109-81(4)72-66-60-54-48-42-36-29-22-20-18-16-14-12-10-8-6-2/h80-87,89-94,96-99,101-106H,5-79H2,1-4H3/t80-,81-,82-,83+,84+,85+,86?,87?,89?,90?,91?,92?,93?,94?,96?,97?/m0/s1. The number of hydrogen-bond donors (Lipinski definition) is 8. The average Bonchev–Trinajstić information content (AvgIpc) is 0.951. The predicted molar refractivity (Wildman–Crippen MR) is 462 cm³/mol. The number of carbonyl (C=O) groups is 2. The van der Waals surface area contributed by atoms with Gasteiger partial charge in [0.15, 0.2) is 12.6 Å². The Labute approximate surface area is 689 Å². The fourth-order valence-corrected chi connectivity index (χ4v) is 18.0. The Hall–Kier alpha value is -1.50. The van der Waals surface area contributed by atoms with Gasteiger partial charge in [-0.3, -0.25) is 9.59 Å². The fourth-order valence-electron chi connectivity index (χ4n) is 18.0. The van der Waals surface area contributed by atoms with Gasteiger partial charge in [-0.1, -0.05) is 445 Å². The molecule has 1 aliphatic carbocycles. The van der Waals surface area contributed by atoms with Crippen LogP contribution >= 0.6 is 0 Å². The Morgan fingerprint density at radius 2 is 0.643 bits per heavy atom. The van der Waals surface area contributed by atoms with Gasteiger partial charge in [0.1, 0.15) is 55.4 Å². The molecule has 1 saturated carbocycles. The summed E-state index contributed by atoms with van der Waals surface area (Å²) in [4.78, 5) is 26.2. The van der Waals surface area contributed by atoms with Crippen LogP contribution in [0.5, 0.6) is 0 Å². The average molecular weight is 1590 g/mol. The minimum absolute atomic E-state index is 0.0153. The number of esters is 2. The van der Waals surface area contributed by atoms with Gasteiger partial charge in [0, 0.05) is 6.42 Å². The zero-order valence-electron chi connectivity index (χ0n) is 73.7. The zero-order chi connectivity index (χ0) is 81.0. The van der Waals surface area contributed by atoms with Gasteiger partial charge in [-0.15, -0.1) is 0 Å². The third kappa shape index (κ3) is 54.6. The van der Waals surface area contributed by atoms with Crippen LogP contribution in [0, 0.1) is 23.7 Å². The van der Waals surface area contributed by atoms with E-state index in [4.69, 9.17) is 23.7 Å². The Bertz CT molecular complexity index is 2050. The van der Waals surface area contributed by atoms with Crippen LogP contribution in [0.4, 0.5) is 0 Å². The van der Waals surface area contributed by atoms with Crippen molar-refractivity contribution in [1.29, 1.82) is 0 Å². The van der Waals surface area contributed by atoms with E-state index in [0.29, 0.717) is 19.3 Å². The normalized spacial score (nSPS) is 23.0. The molecule has 2 saturated heterocycles. The molecule has 0 amide bonds. The lowest BCUT2D eigenvalue weighted by Gasteiger charge is -2.44. The Kier molecular flexibility index (Phi) is 68.6. The van der Waals surface area contributed by atoms with Gasteiger partial charge in [0.2, 0.25) is 0 Å². The summed E-state index contributed by atoms with van der Waals surface area (Å²) >= 11 is 0.